The number of carbonyl (C=O) groups excluding carboxylic acids is 1. The molecule has 5 heteroatoms. The zero-order valence-electron chi connectivity index (χ0n) is 16.0. The van der Waals surface area contributed by atoms with Gasteiger partial charge < -0.3 is 4.90 Å². The largest absolute Gasteiger partial charge is 0.315 e. The van der Waals surface area contributed by atoms with E-state index in [-0.39, 0.29) is 12.1 Å². The summed E-state index contributed by atoms with van der Waals surface area (Å²) >= 11 is 12.4. The summed E-state index contributed by atoms with van der Waals surface area (Å²) in [6.07, 6.45) is -0.189. The van der Waals surface area contributed by atoms with Gasteiger partial charge in [-0.3, -0.25) is 10.1 Å². The SMILES string of the molecule is CC1=C(C)C(NC(C)(C)c2cc(Cl)cc(Cl)c2)N(Cc2ccccc2)C1=O. The van der Waals surface area contributed by atoms with Gasteiger partial charge in [0.15, 0.2) is 0 Å². The standard InChI is InChI=1S/C22H24Cl2N2O/c1-14-15(2)21(27)26(13-16-8-6-5-7-9-16)20(14)25-22(3,4)17-10-18(23)12-19(24)11-17/h5-12,20,25H,13H2,1-4H3. The van der Waals surface area contributed by atoms with Crippen LogP contribution in [0.2, 0.25) is 10.0 Å². The molecule has 2 aromatic rings. The van der Waals surface area contributed by atoms with Crippen molar-refractivity contribution in [2.24, 2.45) is 0 Å². The van der Waals surface area contributed by atoms with Crippen molar-refractivity contribution in [2.75, 3.05) is 0 Å². The van der Waals surface area contributed by atoms with Crippen LogP contribution in [0.3, 0.4) is 0 Å². The molecule has 0 fully saturated rings. The summed E-state index contributed by atoms with van der Waals surface area (Å²) in [5.74, 6) is 0.0637. The monoisotopic (exact) mass is 402 g/mol. The van der Waals surface area contributed by atoms with E-state index in [0.717, 1.165) is 22.3 Å². The van der Waals surface area contributed by atoms with E-state index in [2.05, 4.69) is 19.2 Å². The Labute approximate surface area is 171 Å². The highest BCUT2D eigenvalue weighted by atomic mass is 35.5. The molecule has 2 aromatic carbocycles. The maximum absolute atomic E-state index is 12.8. The lowest BCUT2D eigenvalue weighted by Crippen LogP contribution is -2.52. The van der Waals surface area contributed by atoms with Crippen molar-refractivity contribution in [2.45, 2.75) is 45.9 Å². The van der Waals surface area contributed by atoms with Gasteiger partial charge in [0.1, 0.15) is 6.17 Å². The summed E-state index contributed by atoms with van der Waals surface area (Å²) in [4.78, 5) is 14.7. The maximum atomic E-state index is 12.8. The number of nitrogens with one attached hydrogen (secondary N) is 1. The van der Waals surface area contributed by atoms with Gasteiger partial charge in [0, 0.05) is 27.7 Å². The van der Waals surface area contributed by atoms with Crippen molar-refractivity contribution in [1.82, 2.24) is 10.2 Å². The predicted octanol–water partition coefficient (Wildman–Crippen LogP) is 5.52. The summed E-state index contributed by atoms with van der Waals surface area (Å²) in [5.41, 5.74) is 3.48. The van der Waals surface area contributed by atoms with Crippen LogP contribution >= 0.6 is 23.2 Å². The molecule has 0 saturated carbocycles. The molecule has 0 saturated heterocycles. The number of hydrogen-bond donors (Lipinski definition) is 1. The minimum atomic E-state index is -0.430. The molecule has 0 bridgehead atoms. The average molecular weight is 403 g/mol. The molecule has 0 radical (unpaired) electrons. The first-order valence-electron chi connectivity index (χ1n) is 8.95. The van der Waals surface area contributed by atoms with Crippen molar-refractivity contribution >= 4 is 29.1 Å². The third kappa shape index (κ3) is 4.21. The third-order valence-corrected chi connectivity index (χ3v) is 5.61. The van der Waals surface area contributed by atoms with E-state index >= 15 is 0 Å². The van der Waals surface area contributed by atoms with Gasteiger partial charge in [0.05, 0.1) is 0 Å². The molecule has 1 aliphatic heterocycles. The highest BCUT2D eigenvalue weighted by molar-refractivity contribution is 6.34. The van der Waals surface area contributed by atoms with Crippen molar-refractivity contribution in [3.63, 3.8) is 0 Å². The molecule has 1 aliphatic rings. The van der Waals surface area contributed by atoms with Crippen LogP contribution in [-0.4, -0.2) is 17.0 Å². The minimum Gasteiger partial charge on any atom is -0.315 e. The fraction of sp³-hybridized carbons (Fsp3) is 0.318. The second-order valence-corrected chi connectivity index (χ2v) is 8.43. The second-order valence-electron chi connectivity index (χ2n) is 7.56. The molecule has 0 spiro atoms. The Kier molecular flexibility index (Phi) is 5.66. The fourth-order valence-electron chi connectivity index (χ4n) is 3.41. The van der Waals surface area contributed by atoms with Crippen LogP contribution in [0, 0.1) is 0 Å². The quantitative estimate of drug-likeness (QED) is 0.713. The van der Waals surface area contributed by atoms with Gasteiger partial charge in [-0.25, -0.2) is 0 Å². The van der Waals surface area contributed by atoms with Crippen LogP contribution in [0.1, 0.15) is 38.8 Å². The lowest BCUT2D eigenvalue weighted by Gasteiger charge is -2.36. The molecular formula is C22H24Cl2N2O. The molecular weight excluding hydrogens is 379 g/mol. The number of nitrogens with zero attached hydrogens (tertiary/aromatic N) is 1. The topological polar surface area (TPSA) is 32.3 Å². The normalized spacial score (nSPS) is 17.8. The lowest BCUT2D eigenvalue weighted by atomic mass is 9.93. The predicted molar refractivity (Wildman–Crippen MR) is 112 cm³/mol. The first-order valence-corrected chi connectivity index (χ1v) is 9.71. The summed E-state index contributed by atoms with van der Waals surface area (Å²) in [5, 5.41) is 4.83. The van der Waals surface area contributed by atoms with E-state index in [1.807, 2.05) is 61.2 Å². The Morgan fingerprint density at radius 2 is 1.63 bits per heavy atom. The van der Waals surface area contributed by atoms with Crippen LogP contribution in [0.15, 0.2) is 59.7 Å². The Hall–Kier alpha value is -1.81. The number of benzene rings is 2. The highest BCUT2D eigenvalue weighted by Gasteiger charge is 2.38. The first-order chi connectivity index (χ1) is 12.7. The van der Waals surface area contributed by atoms with Crippen LogP contribution in [-0.2, 0) is 16.9 Å². The van der Waals surface area contributed by atoms with E-state index in [1.54, 1.807) is 6.07 Å². The Balaban J connectivity index is 1.90. The van der Waals surface area contributed by atoms with Gasteiger partial charge in [-0.15, -0.1) is 0 Å². The van der Waals surface area contributed by atoms with E-state index in [1.165, 1.54) is 0 Å². The molecule has 3 nitrogen and oxygen atoms in total. The van der Waals surface area contributed by atoms with Gasteiger partial charge in [-0.2, -0.15) is 0 Å². The van der Waals surface area contributed by atoms with E-state index in [4.69, 9.17) is 23.2 Å². The number of amides is 1. The number of rotatable bonds is 5. The number of hydrogen-bond acceptors (Lipinski definition) is 2. The zero-order valence-corrected chi connectivity index (χ0v) is 17.5. The lowest BCUT2D eigenvalue weighted by molar-refractivity contribution is -0.128. The van der Waals surface area contributed by atoms with E-state index < -0.39 is 5.54 Å². The summed E-state index contributed by atoms with van der Waals surface area (Å²) in [6, 6.07) is 15.6. The highest BCUT2D eigenvalue weighted by Crippen LogP contribution is 2.32. The molecule has 1 amide bonds. The fourth-order valence-corrected chi connectivity index (χ4v) is 3.94. The maximum Gasteiger partial charge on any atom is 0.251 e. The van der Waals surface area contributed by atoms with Crippen LogP contribution in [0.4, 0.5) is 0 Å². The van der Waals surface area contributed by atoms with Gasteiger partial charge in [-0.05, 0) is 62.6 Å². The second kappa shape index (κ2) is 7.67. The van der Waals surface area contributed by atoms with E-state index in [9.17, 15) is 4.79 Å². The molecule has 142 valence electrons. The van der Waals surface area contributed by atoms with Crippen molar-refractivity contribution in [3.8, 4) is 0 Å². The van der Waals surface area contributed by atoms with Crippen LogP contribution in [0.5, 0.6) is 0 Å². The molecule has 0 aliphatic carbocycles. The number of halogens is 2. The van der Waals surface area contributed by atoms with Gasteiger partial charge in [0.25, 0.3) is 5.91 Å². The molecule has 27 heavy (non-hydrogen) atoms. The molecule has 1 unspecified atom stereocenters. The van der Waals surface area contributed by atoms with Crippen molar-refractivity contribution in [1.29, 1.82) is 0 Å². The Morgan fingerprint density at radius 1 is 1.04 bits per heavy atom. The molecule has 1 heterocycles. The molecule has 3 rings (SSSR count). The smallest absolute Gasteiger partial charge is 0.251 e. The summed E-state index contributed by atoms with van der Waals surface area (Å²) in [6.45, 7) is 8.60. The van der Waals surface area contributed by atoms with Gasteiger partial charge >= 0.3 is 0 Å². The van der Waals surface area contributed by atoms with E-state index in [0.29, 0.717) is 16.6 Å². The van der Waals surface area contributed by atoms with Gasteiger partial charge in [0.2, 0.25) is 0 Å². The Morgan fingerprint density at radius 3 is 2.22 bits per heavy atom. The third-order valence-electron chi connectivity index (χ3n) is 5.17. The van der Waals surface area contributed by atoms with Crippen molar-refractivity contribution in [3.05, 3.63) is 80.8 Å². The Bertz CT molecular complexity index is 870. The van der Waals surface area contributed by atoms with Crippen molar-refractivity contribution < 1.29 is 4.79 Å². The zero-order chi connectivity index (χ0) is 19.8. The summed E-state index contributed by atoms with van der Waals surface area (Å²) < 4.78 is 0. The van der Waals surface area contributed by atoms with Gasteiger partial charge in [-0.1, -0.05) is 53.5 Å². The number of carbonyl (C=O) groups is 1. The van der Waals surface area contributed by atoms with Crippen LogP contribution < -0.4 is 5.32 Å². The molecule has 0 aromatic heterocycles. The molecule has 1 atom stereocenters. The first kappa shape index (κ1) is 19.9. The minimum absolute atomic E-state index is 0.0637. The van der Waals surface area contributed by atoms with Crippen LogP contribution in [0.25, 0.3) is 0 Å². The summed E-state index contributed by atoms with van der Waals surface area (Å²) in [7, 11) is 0. The molecule has 1 N–H and O–H groups in total. The average Bonchev–Trinajstić information content (AvgIpc) is 2.80.